The molecular formula is C15H21NO3. The van der Waals surface area contributed by atoms with E-state index < -0.39 is 0 Å². The summed E-state index contributed by atoms with van der Waals surface area (Å²) < 4.78 is 5.81. The molecule has 0 amide bonds. The van der Waals surface area contributed by atoms with Gasteiger partial charge in [-0.25, -0.2) is 0 Å². The van der Waals surface area contributed by atoms with Gasteiger partial charge < -0.3 is 20.3 Å². The fourth-order valence-corrected chi connectivity index (χ4v) is 2.98. The van der Waals surface area contributed by atoms with Crippen LogP contribution in [0.3, 0.4) is 0 Å². The average Bonchev–Trinajstić information content (AvgIpc) is 3.13. The molecule has 1 aromatic rings. The van der Waals surface area contributed by atoms with E-state index in [1.54, 1.807) is 6.07 Å². The Balaban J connectivity index is 1.70. The van der Waals surface area contributed by atoms with Crippen LogP contribution in [0.25, 0.3) is 0 Å². The second-order valence-corrected chi connectivity index (χ2v) is 5.70. The SMILES string of the molecule is CC(NC1CCOC1C1CC1)c1cc(O)ccc1O. The third kappa shape index (κ3) is 2.69. The molecule has 0 radical (unpaired) electrons. The smallest absolute Gasteiger partial charge is 0.120 e. The maximum atomic E-state index is 9.88. The minimum Gasteiger partial charge on any atom is -0.508 e. The predicted molar refractivity (Wildman–Crippen MR) is 72.2 cm³/mol. The first kappa shape index (κ1) is 12.8. The van der Waals surface area contributed by atoms with Gasteiger partial charge in [0.05, 0.1) is 6.10 Å². The van der Waals surface area contributed by atoms with Crippen molar-refractivity contribution in [1.29, 1.82) is 0 Å². The maximum Gasteiger partial charge on any atom is 0.120 e. The lowest BCUT2D eigenvalue weighted by atomic mass is 10.0. The summed E-state index contributed by atoms with van der Waals surface area (Å²) in [6, 6.07) is 5.00. The number of aromatic hydroxyl groups is 2. The molecule has 2 fully saturated rings. The summed E-state index contributed by atoms with van der Waals surface area (Å²) in [6.07, 6.45) is 3.88. The standard InChI is InChI=1S/C15H21NO3/c1-9(12-8-11(17)4-5-14(12)18)16-13-6-7-19-15(13)10-2-3-10/h4-5,8-10,13,15-18H,2-3,6-7H2,1H3. The van der Waals surface area contributed by atoms with Crippen LogP contribution in [0.4, 0.5) is 0 Å². The van der Waals surface area contributed by atoms with Crippen LogP contribution in [-0.2, 0) is 4.74 Å². The Morgan fingerprint density at radius 1 is 1.26 bits per heavy atom. The summed E-state index contributed by atoms with van der Waals surface area (Å²) >= 11 is 0. The van der Waals surface area contributed by atoms with Crippen molar-refractivity contribution in [3.63, 3.8) is 0 Å². The van der Waals surface area contributed by atoms with Crippen LogP contribution >= 0.6 is 0 Å². The minimum atomic E-state index is 0.0000463. The minimum absolute atomic E-state index is 0.0000463. The van der Waals surface area contributed by atoms with Crippen molar-refractivity contribution < 1.29 is 14.9 Å². The van der Waals surface area contributed by atoms with E-state index in [1.807, 2.05) is 6.92 Å². The average molecular weight is 263 g/mol. The van der Waals surface area contributed by atoms with E-state index >= 15 is 0 Å². The molecular weight excluding hydrogens is 242 g/mol. The van der Waals surface area contributed by atoms with Crippen LogP contribution in [0, 0.1) is 5.92 Å². The molecule has 3 rings (SSSR count). The molecule has 1 aliphatic carbocycles. The topological polar surface area (TPSA) is 61.7 Å². The summed E-state index contributed by atoms with van der Waals surface area (Å²) in [6.45, 7) is 2.83. The van der Waals surface area contributed by atoms with Crippen molar-refractivity contribution in [2.45, 2.75) is 44.4 Å². The number of hydrogen-bond acceptors (Lipinski definition) is 4. The molecule has 0 spiro atoms. The fourth-order valence-electron chi connectivity index (χ4n) is 2.98. The lowest BCUT2D eigenvalue weighted by Gasteiger charge is -2.24. The molecule has 104 valence electrons. The van der Waals surface area contributed by atoms with Crippen molar-refractivity contribution in [2.24, 2.45) is 5.92 Å². The summed E-state index contributed by atoms with van der Waals surface area (Å²) in [7, 11) is 0. The van der Waals surface area contributed by atoms with Gasteiger partial charge in [-0.15, -0.1) is 0 Å². The Kier molecular flexibility index (Phi) is 3.37. The summed E-state index contributed by atoms with van der Waals surface area (Å²) in [5, 5.41) is 23.0. The van der Waals surface area contributed by atoms with E-state index in [-0.39, 0.29) is 17.5 Å². The molecule has 1 aliphatic heterocycles. The fraction of sp³-hybridized carbons (Fsp3) is 0.600. The number of benzene rings is 1. The van der Waals surface area contributed by atoms with E-state index in [2.05, 4.69) is 5.32 Å². The third-order valence-corrected chi connectivity index (χ3v) is 4.16. The molecule has 0 bridgehead atoms. The molecule has 3 atom stereocenters. The maximum absolute atomic E-state index is 9.88. The van der Waals surface area contributed by atoms with E-state index in [0.29, 0.717) is 18.1 Å². The Morgan fingerprint density at radius 2 is 2.05 bits per heavy atom. The molecule has 3 unspecified atom stereocenters. The van der Waals surface area contributed by atoms with Crippen LogP contribution < -0.4 is 5.32 Å². The molecule has 2 aliphatic rings. The Hall–Kier alpha value is -1.26. The van der Waals surface area contributed by atoms with Crippen molar-refractivity contribution in [2.75, 3.05) is 6.61 Å². The van der Waals surface area contributed by atoms with Crippen molar-refractivity contribution in [3.8, 4) is 11.5 Å². The zero-order chi connectivity index (χ0) is 13.4. The largest absolute Gasteiger partial charge is 0.508 e. The summed E-state index contributed by atoms with van der Waals surface area (Å²) in [4.78, 5) is 0. The number of phenols is 2. The van der Waals surface area contributed by atoms with Gasteiger partial charge in [-0.2, -0.15) is 0 Å². The van der Waals surface area contributed by atoms with Crippen LogP contribution in [-0.4, -0.2) is 29.0 Å². The van der Waals surface area contributed by atoms with Crippen LogP contribution in [0.5, 0.6) is 11.5 Å². The van der Waals surface area contributed by atoms with Gasteiger partial charge in [-0.3, -0.25) is 0 Å². The second-order valence-electron chi connectivity index (χ2n) is 5.70. The van der Waals surface area contributed by atoms with Gasteiger partial charge in [-0.1, -0.05) is 0 Å². The van der Waals surface area contributed by atoms with Gasteiger partial charge in [0.1, 0.15) is 11.5 Å². The quantitative estimate of drug-likeness (QED) is 0.730. The number of hydrogen-bond donors (Lipinski definition) is 3. The highest BCUT2D eigenvalue weighted by Crippen LogP contribution is 2.39. The van der Waals surface area contributed by atoms with Gasteiger partial charge >= 0.3 is 0 Å². The summed E-state index contributed by atoms with van der Waals surface area (Å²) in [5.41, 5.74) is 0.737. The predicted octanol–water partition coefficient (Wildman–Crippen LogP) is 2.32. The van der Waals surface area contributed by atoms with E-state index in [1.165, 1.54) is 25.0 Å². The van der Waals surface area contributed by atoms with Crippen LogP contribution in [0.1, 0.15) is 37.8 Å². The second kappa shape index (κ2) is 5.02. The van der Waals surface area contributed by atoms with Gasteiger partial charge in [-0.05, 0) is 50.3 Å². The lowest BCUT2D eigenvalue weighted by molar-refractivity contribution is 0.0792. The van der Waals surface area contributed by atoms with Gasteiger partial charge in [0.25, 0.3) is 0 Å². The highest BCUT2D eigenvalue weighted by molar-refractivity contribution is 5.40. The van der Waals surface area contributed by atoms with Crippen molar-refractivity contribution >= 4 is 0 Å². The van der Waals surface area contributed by atoms with Crippen LogP contribution in [0.15, 0.2) is 18.2 Å². The van der Waals surface area contributed by atoms with E-state index in [9.17, 15) is 10.2 Å². The van der Waals surface area contributed by atoms with Gasteiger partial charge in [0.2, 0.25) is 0 Å². The number of ether oxygens (including phenoxy) is 1. The molecule has 19 heavy (non-hydrogen) atoms. The molecule has 1 saturated heterocycles. The Bertz CT molecular complexity index is 459. The van der Waals surface area contributed by atoms with Crippen molar-refractivity contribution in [3.05, 3.63) is 23.8 Å². The molecule has 1 heterocycles. The normalized spacial score (nSPS) is 28.5. The van der Waals surface area contributed by atoms with E-state index in [0.717, 1.165) is 18.6 Å². The number of nitrogens with one attached hydrogen (secondary N) is 1. The molecule has 4 nitrogen and oxygen atoms in total. The highest BCUT2D eigenvalue weighted by atomic mass is 16.5. The first-order valence-electron chi connectivity index (χ1n) is 7.04. The lowest BCUT2D eigenvalue weighted by Crippen LogP contribution is -2.39. The molecule has 1 aromatic carbocycles. The number of phenolic OH excluding ortho intramolecular Hbond substituents is 2. The van der Waals surface area contributed by atoms with E-state index in [4.69, 9.17) is 4.74 Å². The summed E-state index contributed by atoms with van der Waals surface area (Å²) in [5.74, 6) is 1.12. The van der Waals surface area contributed by atoms with Crippen molar-refractivity contribution in [1.82, 2.24) is 5.32 Å². The molecule has 3 N–H and O–H groups in total. The highest BCUT2D eigenvalue weighted by Gasteiger charge is 2.41. The first-order chi connectivity index (χ1) is 9.15. The first-order valence-corrected chi connectivity index (χ1v) is 7.04. The van der Waals surface area contributed by atoms with Gasteiger partial charge in [0, 0.05) is 24.3 Å². The third-order valence-electron chi connectivity index (χ3n) is 4.16. The Morgan fingerprint density at radius 3 is 2.79 bits per heavy atom. The zero-order valence-corrected chi connectivity index (χ0v) is 11.2. The van der Waals surface area contributed by atoms with Crippen LogP contribution in [0.2, 0.25) is 0 Å². The number of rotatable bonds is 4. The Labute approximate surface area is 113 Å². The zero-order valence-electron chi connectivity index (χ0n) is 11.2. The molecule has 4 heteroatoms. The molecule has 0 aromatic heterocycles. The monoisotopic (exact) mass is 263 g/mol. The van der Waals surface area contributed by atoms with Gasteiger partial charge in [0.15, 0.2) is 0 Å². The molecule has 1 saturated carbocycles.